The summed E-state index contributed by atoms with van der Waals surface area (Å²) < 4.78 is 0. The third kappa shape index (κ3) is 9.32. The first-order valence-corrected chi connectivity index (χ1v) is 11.8. The number of nitrogens with two attached hydrogens (primary N) is 2. The molecule has 1 heterocycles. The van der Waals surface area contributed by atoms with Crippen molar-refractivity contribution in [2.75, 3.05) is 12.3 Å². The molecule has 1 fully saturated rings. The van der Waals surface area contributed by atoms with Crippen LogP contribution in [0.5, 0.6) is 0 Å². The molecule has 1 aromatic carbocycles. The Morgan fingerprint density at radius 1 is 1.12 bits per heavy atom. The number of benzene rings is 1. The largest absolute Gasteiger partial charge is 0.346 e. The van der Waals surface area contributed by atoms with Gasteiger partial charge in [-0.1, -0.05) is 42.1 Å². The van der Waals surface area contributed by atoms with Gasteiger partial charge in [-0.15, -0.1) is 0 Å². The zero-order valence-corrected chi connectivity index (χ0v) is 19.1. The molecule has 0 aliphatic carbocycles. The summed E-state index contributed by atoms with van der Waals surface area (Å²) in [6.45, 7) is -0.350. The van der Waals surface area contributed by atoms with Gasteiger partial charge in [0.15, 0.2) is 0 Å². The van der Waals surface area contributed by atoms with Crippen LogP contribution in [0.25, 0.3) is 0 Å². The third-order valence-electron chi connectivity index (χ3n) is 5.17. The van der Waals surface area contributed by atoms with Gasteiger partial charge in [0, 0.05) is 12.2 Å². The molecule has 1 unspecified atom stereocenters. The van der Waals surface area contributed by atoms with Gasteiger partial charge in [-0.2, -0.15) is 0 Å². The summed E-state index contributed by atoms with van der Waals surface area (Å²) in [7, 11) is 0. The first-order chi connectivity index (χ1) is 15.8. The highest BCUT2D eigenvalue weighted by Gasteiger charge is 2.30. The molecule has 7 N–H and O–H groups in total. The minimum Gasteiger partial charge on any atom is -0.346 e. The summed E-state index contributed by atoms with van der Waals surface area (Å²) in [6.07, 6.45) is 2.66. The summed E-state index contributed by atoms with van der Waals surface area (Å²) in [6, 6.07) is 6.26. The molecule has 1 aliphatic rings. The van der Waals surface area contributed by atoms with Crippen LogP contribution in [0.4, 0.5) is 0 Å². The standard InChI is InChI=1S/C22H31N5O5S/c23-15(13-28)7-4-8-16(24)20(30)25-12-19(29)26-18(11-14-5-2-1-3-6-14)21(31)27-17-9-10-33-22(17)32/h1-3,5-6,13,15-18H,4,7-12,23-24H2,(H,25,30)(H,26,29)(H,27,31)/t15?,16-,17-,18-/m0/s1. The fourth-order valence-corrected chi connectivity index (χ4v) is 4.21. The number of rotatable bonds is 13. The summed E-state index contributed by atoms with van der Waals surface area (Å²) in [4.78, 5) is 59.8. The van der Waals surface area contributed by atoms with Crippen LogP contribution in [0.15, 0.2) is 30.3 Å². The van der Waals surface area contributed by atoms with Crippen molar-refractivity contribution in [3.05, 3.63) is 35.9 Å². The molecule has 180 valence electrons. The number of nitrogens with one attached hydrogen (secondary N) is 3. The summed E-state index contributed by atoms with van der Waals surface area (Å²) >= 11 is 1.17. The van der Waals surface area contributed by atoms with Gasteiger partial charge in [0.2, 0.25) is 22.8 Å². The van der Waals surface area contributed by atoms with E-state index in [2.05, 4.69) is 16.0 Å². The molecule has 0 bridgehead atoms. The first-order valence-electron chi connectivity index (χ1n) is 10.8. The molecule has 11 heteroatoms. The van der Waals surface area contributed by atoms with Gasteiger partial charge in [0.05, 0.1) is 24.7 Å². The third-order valence-corrected chi connectivity index (χ3v) is 6.18. The van der Waals surface area contributed by atoms with Crippen molar-refractivity contribution in [2.24, 2.45) is 11.5 Å². The molecule has 1 aliphatic heterocycles. The molecule has 0 spiro atoms. The van der Waals surface area contributed by atoms with Crippen LogP contribution in [-0.4, -0.2) is 65.6 Å². The second kappa shape index (κ2) is 13.7. The maximum absolute atomic E-state index is 12.8. The molecular weight excluding hydrogens is 446 g/mol. The average Bonchev–Trinajstić information content (AvgIpc) is 3.21. The van der Waals surface area contributed by atoms with Crippen LogP contribution >= 0.6 is 11.8 Å². The van der Waals surface area contributed by atoms with Gasteiger partial charge in [-0.3, -0.25) is 19.2 Å². The molecule has 0 saturated carbocycles. The molecule has 0 radical (unpaired) electrons. The monoisotopic (exact) mass is 477 g/mol. The molecule has 2 rings (SSSR count). The van der Waals surface area contributed by atoms with Crippen molar-refractivity contribution >= 4 is 40.9 Å². The fourth-order valence-electron chi connectivity index (χ4n) is 3.27. The first kappa shape index (κ1) is 26.5. The Morgan fingerprint density at radius 2 is 1.85 bits per heavy atom. The van der Waals surface area contributed by atoms with Crippen LogP contribution in [0, 0.1) is 0 Å². The summed E-state index contributed by atoms with van der Waals surface area (Å²) in [5.41, 5.74) is 12.2. The molecule has 3 amide bonds. The number of aldehydes is 1. The SMILES string of the molecule is NC(C=O)CCC[C@H](N)C(=O)NCC(=O)N[C@@H](Cc1ccccc1)C(=O)N[C@H]1CCSC1=O. The lowest BCUT2D eigenvalue weighted by molar-refractivity contribution is -0.131. The number of hydrogen-bond acceptors (Lipinski definition) is 8. The Balaban J connectivity index is 1.88. The predicted octanol–water partition coefficient (Wildman–Crippen LogP) is -0.998. The average molecular weight is 478 g/mol. The van der Waals surface area contributed by atoms with Gasteiger partial charge >= 0.3 is 0 Å². The van der Waals surface area contributed by atoms with Crippen molar-refractivity contribution in [3.63, 3.8) is 0 Å². The zero-order chi connectivity index (χ0) is 24.2. The molecule has 1 saturated heterocycles. The fraction of sp³-hybridized carbons (Fsp3) is 0.500. The summed E-state index contributed by atoms with van der Waals surface area (Å²) in [5.74, 6) is -0.876. The van der Waals surface area contributed by atoms with E-state index in [9.17, 15) is 24.0 Å². The second-order valence-electron chi connectivity index (χ2n) is 7.88. The molecule has 0 aromatic heterocycles. The van der Waals surface area contributed by atoms with Crippen LogP contribution in [0.3, 0.4) is 0 Å². The Hall–Kier alpha value is -2.76. The number of carbonyl (C=O) groups is 5. The normalized spacial score (nSPS) is 18.1. The van der Waals surface area contributed by atoms with E-state index in [1.165, 1.54) is 11.8 Å². The topological polar surface area (TPSA) is 173 Å². The zero-order valence-electron chi connectivity index (χ0n) is 18.3. The van der Waals surface area contributed by atoms with Gasteiger partial charge < -0.3 is 32.2 Å². The van der Waals surface area contributed by atoms with Crippen molar-refractivity contribution in [1.82, 2.24) is 16.0 Å². The van der Waals surface area contributed by atoms with E-state index in [1.54, 1.807) is 0 Å². The molecular formula is C22H31N5O5S. The minimum absolute atomic E-state index is 0.0940. The van der Waals surface area contributed by atoms with Crippen molar-refractivity contribution in [3.8, 4) is 0 Å². The Morgan fingerprint density at radius 3 is 2.48 bits per heavy atom. The van der Waals surface area contributed by atoms with E-state index in [0.29, 0.717) is 37.7 Å². The van der Waals surface area contributed by atoms with E-state index in [1.807, 2.05) is 30.3 Å². The van der Waals surface area contributed by atoms with Crippen LogP contribution in [-0.2, 0) is 30.4 Å². The highest BCUT2D eigenvalue weighted by atomic mass is 32.2. The quantitative estimate of drug-likeness (QED) is 0.225. The van der Waals surface area contributed by atoms with Gasteiger partial charge in [0.25, 0.3) is 0 Å². The molecule has 4 atom stereocenters. The second-order valence-corrected chi connectivity index (χ2v) is 8.98. The van der Waals surface area contributed by atoms with E-state index in [-0.39, 0.29) is 18.1 Å². The maximum Gasteiger partial charge on any atom is 0.243 e. The molecule has 33 heavy (non-hydrogen) atoms. The van der Waals surface area contributed by atoms with Gasteiger partial charge in [0.1, 0.15) is 12.3 Å². The van der Waals surface area contributed by atoms with Crippen molar-refractivity contribution in [2.45, 2.75) is 56.3 Å². The van der Waals surface area contributed by atoms with Gasteiger partial charge in [-0.05, 0) is 31.2 Å². The maximum atomic E-state index is 12.8. The van der Waals surface area contributed by atoms with Crippen molar-refractivity contribution in [1.29, 1.82) is 0 Å². The van der Waals surface area contributed by atoms with Crippen LogP contribution in [0.2, 0.25) is 0 Å². The Labute approximate surface area is 197 Å². The van der Waals surface area contributed by atoms with E-state index < -0.39 is 41.9 Å². The number of thioether (sulfide) groups is 1. The van der Waals surface area contributed by atoms with Crippen LogP contribution < -0.4 is 27.4 Å². The lowest BCUT2D eigenvalue weighted by Gasteiger charge is -2.21. The van der Waals surface area contributed by atoms with Crippen molar-refractivity contribution < 1.29 is 24.0 Å². The minimum atomic E-state index is -0.909. The predicted molar refractivity (Wildman–Crippen MR) is 125 cm³/mol. The molecule has 1 aromatic rings. The summed E-state index contributed by atoms with van der Waals surface area (Å²) in [5, 5.41) is 7.70. The lowest BCUT2D eigenvalue weighted by Crippen LogP contribution is -2.53. The molecule has 10 nitrogen and oxygen atoms in total. The smallest absolute Gasteiger partial charge is 0.243 e. The number of hydrogen-bond donors (Lipinski definition) is 5. The lowest BCUT2D eigenvalue weighted by atomic mass is 10.0. The van der Waals surface area contributed by atoms with E-state index >= 15 is 0 Å². The van der Waals surface area contributed by atoms with Gasteiger partial charge in [-0.25, -0.2) is 0 Å². The Bertz CT molecular complexity index is 838. The highest BCUT2D eigenvalue weighted by Crippen LogP contribution is 2.19. The van der Waals surface area contributed by atoms with E-state index in [4.69, 9.17) is 11.5 Å². The number of carbonyl (C=O) groups excluding carboxylic acids is 5. The van der Waals surface area contributed by atoms with Crippen LogP contribution in [0.1, 0.15) is 31.2 Å². The highest BCUT2D eigenvalue weighted by molar-refractivity contribution is 8.14. The Kier molecular flexibility index (Phi) is 11.0. The van der Waals surface area contributed by atoms with E-state index in [0.717, 1.165) is 5.56 Å². The number of amides is 3.